The molecule has 0 N–H and O–H groups in total. The van der Waals surface area contributed by atoms with E-state index in [1.165, 1.54) is 0 Å². The van der Waals surface area contributed by atoms with Crippen molar-refractivity contribution in [2.75, 3.05) is 21.3 Å². The summed E-state index contributed by atoms with van der Waals surface area (Å²) < 4.78 is 18.4. The summed E-state index contributed by atoms with van der Waals surface area (Å²) in [6.45, 7) is 0.348. The number of carbonyl (C=O) groups is 1. The molecule has 6 rings (SSSR count). The first-order chi connectivity index (χ1) is 22.0. The molecule has 0 saturated carbocycles. The van der Waals surface area contributed by atoms with Gasteiger partial charge in [0, 0.05) is 28.8 Å². The fourth-order valence-electron chi connectivity index (χ4n) is 5.47. The van der Waals surface area contributed by atoms with E-state index in [0.717, 1.165) is 62.3 Å². The van der Waals surface area contributed by atoms with Crippen molar-refractivity contribution in [3.63, 3.8) is 0 Å². The van der Waals surface area contributed by atoms with Gasteiger partial charge in [-0.3, -0.25) is 0 Å². The number of nitrogens with zero attached hydrogens (tertiary/aromatic N) is 2. The van der Waals surface area contributed by atoms with Crippen LogP contribution in [0.15, 0.2) is 121 Å². The van der Waals surface area contributed by atoms with E-state index in [2.05, 4.69) is 4.57 Å². The van der Waals surface area contributed by atoms with E-state index in [1.807, 2.05) is 115 Å². The van der Waals surface area contributed by atoms with Crippen LogP contribution in [0.2, 0.25) is 0 Å². The molecule has 0 bridgehead atoms. The molecule has 7 nitrogen and oxygen atoms in total. The Bertz CT molecular complexity index is 1940. The van der Waals surface area contributed by atoms with Gasteiger partial charge in [-0.2, -0.15) is 0 Å². The summed E-state index contributed by atoms with van der Waals surface area (Å²) in [6.07, 6.45) is 0. The zero-order valence-corrected chi connectivity index (χ0v) is 28.2. The first-order valence-electron chi connectivity index (χ1n) is 14.4. The molecule has 0 saturated heterocycles. The van der Waals surface area contributed by atoms with Crippen molar-refractivity contribution in [1.29, 1.82) is 0 Å². The summed E-state index contributed by atoms with van der Waals surface area (Å²) >= 11 is 0. The summed E-state index contributed by atoms with van der Waals surface area (Å²) in [5.41, 5.74) is 6.69. The van der Waals surface area contributed by atoms with E-state index in [1.54, 1.807) is 27.4 Å². The van der Waals surface area contributed by atoms with Crippen molar-refractivity contribution >= 4 is 5.97 Å². The zero-order valence-electron chi connectivity index (χ0n) is 26.2. The van der Waals surface area contributed by atoms with Gasteiger partial charge in [0.2, 0.25) is 0 Å². The molecule has 0 fully saturated rings. The van der Waals surface area contributed by atoms with Crippen molar-refractivity contribution < 1.29 is 53.7 Å². The van der Waals surface area contributed by atoms with Gasteiger partial charge in [-0.25, -0.2) is 4.98 Å². The molecule has 0 amide bonds. The maximum Gasteiger partial charge on any atom is 1.00 e. The van der Waals surface area contributed by atoms with Crippen LogP contribution in [0.25, 0.3) is 45.0 Å². The number of rotatable bonds is 10. The van der Waals surface area contributed by atoms with Crippen LogP contribution in [-0.2, 0) is 6.54 Å². The van der Waals surface area contributed by atoms with Gasteiger partial charge >= 0.3 is 29.6 Å². The molecule has 0 aliphatic carbocycles. The van der Waals surface area contributed by atoms with Crippen molar-refractivity contribution in [3.05, 3.63) is 132 Å². The fraction of sp³-hybridized carbons (Fsp3) is 0.105. The largest absolute Gasteiger partial charge is 1.00 e. The Kier molecular flexibility index (Phi) is 10.3. The topological polar surface area (TPSA) is 85.6 Å². The Morgan fingerprint density at radius 1 is 0.652 bits per heavy atom. The number of carbonyl (C=O) groups excluding carboxylic acids is 1. The Labute approximate surface area is 290 Å². The Morgan fingerprint density at radius 3 is 1.70 bits per heavy atom. The number of carboxylic acids is 1. The number of benzene rings is 5. The van der Waals surface area contributed by atoms with E-state index in [-0.39, 0.29) is 35.1 Å². The third-order valence-corrected chi connectivity index (χ3v) is 7.77. The maximum absolute atomic E-state index is 12.4. The van der Waals surface area contributed by atoms with Crippen LogP contribution in [-0.4, -0.2) is 36.8 Å². The van der Waals surface area contributed by atoms with Crippen LogP contribution in [0, 0.1) is 0 Å². The van der Waals surface area contributed by atoms with Crippen LogP contribution >= 0.6 is 0 Å². The van der Waals surface area contributed by atoms with Crippen LogP contribution in [0.3, 0.4) is 0 Å². The summed E-state index contributed by atoms with van der Waals surface area (Å²) in [4.78, 5) is 17.6. The van der Waals surface area contributed by atoms with Crippen molar-refractivity contribution in [2.24, 2.45) is 0 Å². The van der Waals surface area contributed by atoms with Gasteiger partial charge in [0.15, 0.2) is 0 Å². The second-order valence-electron chi connectivity index (χ2n) is 10.4. The second-order valence-corrected chi connectivity index (χ2v) is 10.4. The number of hydrogen-bond acceptors (Lipinski definition) is 6. The van der Waals surface area contributed by atoms with Crippen molar-refractivity contribution in [1.82, 2.24) is 9.55 Å². The molecular formula is C38H31N2NaO5. The quantitative estimate of drug-likeness (QED) is 0.216. The maximum atomic E-state index is 12.4. The van der Waals surface area contributed by atoms with E-state index in [4.69, 9.17) is 19.2 Å². The molecule has 0 spiro atoms. The second kappa shape index (κ2) is 14.5. The van der Waals surface area contributed by atoms with E-state index in [9.17, 15) is 9.90 Å². The third kappa shape index (κ3) is 6.72. The molecule has 0 aliphatic rings. The molecule has 0 radical (unpaired) electrons. The van der Waals surface area contributed by atoms with Gasteiger partial charge in [-0.05, 0) is 95.6 Å². The van der Waals surface area contributed by atoms with Gasteiger partial charge in [0.25, 0.3) is 0 Å². The average Bonchev–Trinajstić information content (AvgIpc) is 3.47. The molecule has 0 aliphatic heterocycles. The number of imidazole rings is 1. The molecule has 46 heavy (non-hydrogen) atoms. The smallest absolute Gasteiger partial charge is 0.545 e. The fourth-order valence-corrected chi connectivity index (χ4v) is 5.47. The number of methoxy groups -OCH3 is 3. The SMILES string of the molecule is COc1ccc(-c2nc(-c3ccc(OC)cc3)n(Cc3ccc(-c4ccccc4)c(C(=O)[O-])c3)c2-c2ccc(OC)cc2)cc1.[Na+]. The van der Waals surface area contributed by atoms with Crippen LogP contribution < -0.4 is 48.9 Å². The van der Waals surface area contributed by atoms with Crippen LogP contribution in [0.4, 0.5) is 0 Å². The minimum Gasteiger partial charge on any atom is -0.545 e. The molecule has 224 valence electrons. The van der Waals surface area contributed by atoms with Crippen molar-refractivity contribution in [3.8, 4) is 62.3 Å². The van der Waals surface area contributed by atoms with Gasteiger partial charge in [0.1, 0.15) is 23.1 Å². The molecule has 5 aromatic carbocycles. The zero-order chi connectivity index (χ0) is 31.3. The number of aromatic carboxylic acids is 1. The van der Waals surface area contributed by atoms with Gasteiger partial charge in [-0.1, -0.05) is 42.5 Å². The Balaban J connectivity index is 0.00000417. The van der Waals surface area contributed by atoms with E-state index < -0.39 is 5.97 Å². The number of ether oxygens (including phenoxy) is 3. The monoisotopic (exact) mass is 618 g/mol. The molecule has 8 heteroatoms. The normalized spacial score (nSPS) is 10.6. The summed E-state index contributed by atoms with van der Waals surface area (Å²) in [5.74, 6) is 1.70. The first-order valence-corrected chi connectivity index (χ1v) is 14.4. The van der Waals surface area contributed by atoms with Crippen LogP contribution in [0.1, 0.15) is 15.9 Å². The van der Waals surface area contributed by atoms with Gasteiger partial charge < -0.3 is 28.7 Å². The summed E-state index contributed by atoms with van der Waals surface area (Å²) in [5, 5.41) is 12.4. The summed E-state index contributed by atoms with van der Waals surface area (Å²) in [6, 6.07) is 38.3. The minimum atomic E-state index is -1.23. The number of carboxylic acid groups (broad SMARTS) is 1. The van der Waals surface area contributed by atoms with Crippen LogP contribution in [0.5, 0.6) is 17.2 Å². The predicted octanol–water partition coefficient (Wildman–Crippen LogP) is 3.99. The Hall–Kier alpha value is -4.82. The van der Waals surface area contributed by atoms with E-state index in [0.29, 0.717) is 12.1 Å². The molecular weight excluding hydrogens is 587 g/mol. The molecule has 0 unspecified atom stereocenters. The first kappa shape index (κ1) is 32.6. The minimum absolute atomic E-state index is 0. The third-order valence-electron chi connectivity index (χ3n) is 7.77. The Morgan fingerprint density at radius 2 is 1.17 bits per heavy atom. The van der Waals surface area contributed by atoms with Crippen molar-refractivity contribution in [2.45, 2.75) is 6.54 Å². The summed E-state index contributed by atoms with van der Waals surface area (Å²) in [7, 11) is 4.91. The number of aromatic nitrogens is 2. The van der Waals surface area contributed by atoms with Gasteiger partial charge in [0.05, 0.1) is 38.7 Å². The standard InChI is InChI=1S/C38H32N2O5.Na/c1-43-30-16-10-27(11-17-30)35-36(28-12-18-31(44-2)19-13-28)40(37(39-35)29-14-20-32(45-3)21-15-29)24-25-9-22-33(34(23-25)38(41)42)26-7-5-4-6-8-26;/h4-23H,24H2,1-3H3,(H,41,42);/q;+1/p-1. The average molecular weight is 619 g/mol. The predicted molar refractivity (Wildman–Crippen MR) is 174 cm³/mol. The molecule has 6 aromatic rings. The van der Waals surface area contributed by atoms with E-state index >= 15 is 0 Å². The molecule has 0 atom stereocenters. The molecule has 1 heterocycles. The van der Waals surface area contributed by atoms with Gasteiger partial charge in [-0.15, -0.1) is 0 Å². The number of hydrogen-bond donors (Lipinski definition) is 0. The molecule has 1 aromatic heterocycles.